The molecule has 2 aromatic rings. The Morgan fingerprint density at radius 2 is 1.47 bits per heavy atom. The summed E-state index contributed by atoms with van der Waals surface area (Å²) in [7, 11) is 0. The fraction of sp³-hybridized carbons (Fsp3) is 0.526. The highest BCUT2D eigenvalue weighted by Crippen LogP contribution is 2.27. The summed E-state index contributed by atoms with van der Waals surface area (Å²) < 4.78 is 22.3. The third kappa shape index (κ3) is 11.6. The van der Waals surface area contributed by atoms with E-state index in [1.807, 2.05) is 24.3 Å². The van der Waals surface area contributed by atoms with E-state index in [4.69, 9.17) is 24.1 Å². The number of azo groups is 1. The van der Waals surface area contributed by atoms with Gasteiger partial charge in [-0.2, -0.15) is 0 Å². The van der Waals surface area contributed by atoms with Crippen molar-refractivity contribution in [2.24, 2.45) is 10.2 Å². The van der Waals surface area contributed by atoms with E-state index in [1.54, 1.807) is 6.20 Å². The van der Waals surface area contributed by atoms with E-state index >= 15 is 0 Å². The van der Waals surface area contributed by atoms with Gasteiger partial charge in [-0.25, -0.2) is 4.98 Å². The minimum absolute atomic E-state index is 0.0324. The molecule has 0 aliphatic rings. The van der Waals surface area contributed by atoms with E-state index in [2.05, 4.69) is 36.5 Å². The van der Waals surface area contributed by atoms with Gasteiger partial charge < -0.3 is 29.4 Å². The van der Waals surface area contributed by atoms with E-state index in [0.717, 1.165) is 15.2 Å². The number of nitrogens with zero attached hydrogens (tertiary/aromatic N) is 3. The van der Waals surface area contributed by atoms with Gasteiger partial charge in [-0.15, -0.1) is 10.2 Å². The molecule has 0 spiro atoms. The molecule has 2 N–H and O–H groups in total. The number of aromatic nitrogens is 1. The van der Waals surface area contributed by atoms with Crippen LogP contribution in [0.25, 0.3) is 0 Å². The maximum Gasteiger partial charge on any atom is 0.230 e. The van der Waals surface area contributed by atoms with Crippen molar-refractivity contribution in [2.45, 2.75) is 0 Å². The van der Waals surface area contributed by atoms with Gasteiger partial charge in [-0.05, 0) is 40.2 Å². The lowest BCUT2D eigenvalue weighted by Gasteiger charge is -2.08. The molecule has 0 radical (unpaired) electrons. The van der Waals surface area contributed by atoms with E-state index in [1.165, 1.54) is 11.3 Å². The van der Waals surface area contributed by atoms with Crippen molar-refractivity contribution in [1.29, 1.82) is 0 Å². The summed E-state index contributed by atoms with van der Waals surface area (Å²) in [6, 6.07) is 7.68. The smallest absolute Gasteiger partial charge is 0.230 e. The highest BCUT2D eigenvalue weighted by molar-refractivity contribution is 9.11. The van der Waals surface area contributed by atoms with Crippen LogP contribution in [-0.2, 0) is 18.9 Å². The third-order valence-corrected chi connectivity index (χ3v) is 4.87. The Morgan fingerprint density at radius 3 is 2.03 bits per heavy atom. The van der Waals surface area contributed by atoms with Crippen LogP contribution in [0.2, 0.25) is 0 Å². The largest absolute Gasteiger partial charge is 0.394 e. The van der Waals surface area contributed by atoms with Crippen LogP contribution >= 0.6 is 27.3 Å². The van der Waals surface area contributed by atoms with Crippen LogP contribution in [0.3, 0.4) is 0 Å². The Labute approximate surface area is 188 Å². The minimum Gasteiger partial charge on any atom is -0.394 e. The van der Waals surface area contributed by atoms with Crippen molar-refractivity contribution in [2.75, 3.05) is 71.3 Å². The first-order valence-electron chi connectivity index (χ1n) is 9.57. The standard InChI is InChI=1S/C19H27BrN4O5S/c20-18-15-22-19(30-18)24-23-17-3-1-16(2-4-17)21-5-7-26-9-11-28-13-14-29-12-10-27-8-6-25/h1-4,15,21,25H,5-14H2. The molecule has 9 nitrogen and oxygen atoms in total. The molecule has 1 aromatic carbocycles. The first-order chi connectivity index (χ1) is 14.8. The second kappa shape index (κ2) is 16.3. The summed E-state index contributed by atoms with van der Waals surface area (Å²) in [6.45, 7) is 4.74. The molecule has 0 unspecified atom stereocenters. The molecule has 0 aliphatic heterocycles. The summed E-state index contributed by atoms with van der Waals surface area (Å²) in [5, 5.41) is 20.7. The highest BCUT2D eigenvalue weighted by Gasteiger charge is 1.98. The average molecular weight is 503 g/mol. The maximum absolute atomic E-state index is 8.55. The van der Waals surface area contributed by atoms with Crippen molar-refractivity contribution < 1.29 is 24.1 Å². The summed E-state index contributed by atoms with van der Waals surface area (Å²) in [5.74, 6) is 0. The Hall–Kier alpha value is -1.47. The fourth-order valence-electron chi connectivity index (χ4n) is 2.13. The number of thiazole rings is 1. The monoisotopic (exact) mass is 502 g/mol. The predicted octanol–water partition coefficient (Wildman–Crippen LogP) is 3.79. The summed E-state index contributed by atoms with van der Waals surface area (Å²) >= 11 is 4.78. The van der Waals surface area contributed by atoms with Crippen LogP contribution < -0.4 is 5.32 Å². The Balaban J connectivity index is 1.43. The van der Waals surface area contributed by atoms with Crippen LogP contribution in [0.1, 0.15) is 0 Å². The Morgan fingerprint density at radius 1 is 0.867 bits per heavy atom. The van der Waals surface area contributed by atoms with Gasteiger partial charge in [-0.1, -0.05) is 11.3 Å². The molecule has 0 saturated carbocycles. The van der Waals surface area contributed by atoms with Gasteiger partial charge in [0, 0.05) is 12.2 Å². The average Bonchev–Trinajstić information content (AvgIpc) is 3.18. The zero-order valence-electron chi connectivity index (χ0n) is 16.7. The number of ether oxygens (including phenoxy) is 4. The molecule has 2 rings (SSSR count). The topological polar surface area (TPSA) is 107 Å². The van der Waals surface area contributed by atoms with Crippen LogP contribution in [0, 0.1) is 0 Å². The lowest BCUT2D eigenvalue weighted by Crippen LogP contribution is -2.14. The Kier molecular flexibility index (Phi) is 13.4. The van der Waals surface area contributed by atoms with Crippen molar-refractivity contribution in [3.63, 3.8) is 0 Å². The number of hydrogen-bond donors (Lipinski definition) is 2. The molecule has 1 heterocycles. The zero-order chi connectivity index (χ0) is 21.3. The van der Waals surface area contributed by atoms with Gasteiger partial charge >= 0.3 is 0 Å². The first kappa shape index (κ1) is 24.8. The molecular formula is C19H27BrN4O5S. The minimum atomic E-state index is 0.0324. The van der Waals surface area contributed by atoms with Crippen molar-refractivity contribution in [1.82, 2.24) is 4.98 Å². The lowest BCUT2D eigenvalue weighted by atomic mass is 10.3. The second-order valence-corrected chi connectivity index (χ2v) is 8.18. The maximum atomic E-state index is 8.55. The first-order valence-corrected chi connectivity index (χ1v) is 11.2. The number of aliphatic hydroxyl groups is 1. The number of aliphatic hydroxyl groups excluding tert-OH is 1. The van der Waals surface area contributed by atoms with Gasteiger partial charge in [0.25, 0.3) is 0 Å². The molecular weight excluding hydrogens is 476 g/mol. The molecule has 1 aromatic heterocycles. The van der Waals surface area contributed by atoms with Gasteiger partial charge in [0.05, 0.1) is 75.1 Å². The molecule has 166 valence electrons. The number of nitrogens with one attached hydrogen (secondary N) is 1. The number of anilines is 1. The number of rotatable bonds is 17. The van der Waals surface area contributed by atoms with Crippen molar-refractivity contribution in [3.8, 4) is 0 Å². The molecule has 0 saturated heterocycles. The SMILES string of the molecule is OCCOCCOCCOCCOCCNc1ccc(N=Nc2ncc(Br)s2)cc1. The van der Waals surface area contributed by atoms with Crippen molar-refractivity contribution >= 4 is 43.8 Å². The number of hydrogen-bond acceptors (Lipinski definition) is 10. The van der Waals surface area contributed by atoms with E-state index in [9.17, 15) is 0 Å². The molecule has 11 heteroatoms. The van der Waals surface area contributed by atoms with Crippen LogP contribution in [-0.4, -0.2) is 76.1 Å². The summed E-state index contributed by atoms with van der Waals surface area (Å²) in [5.41, 5.74) is 1.76. The van der Waals surface area contributed by atoms with Gasteiger partial charge in [0.1, 0.15) is 0 Å². The van der Waals surface area contributed by atoms with Gasteiger partial charge in [-0.3, -0.25) is 0 Å². The van der Waals surface area contributed by atoms with Gasteiger partial charge in [0.2, 0.25) is 5.13 Å². The molecule has 0 amide bonds. The Bertz CT molecular complexity index is 717. The third-order valence-electron chi connectivity index (χ3n) is 3.51. The lowest BCUT2D eigenvalue weighted by molar-refractivity contribution is -0.00463. The van der Waals surface area contributed by atoms with E-state index in [0.29, 0.717) is 64.5 Å². The van der Waals surface area contributed by atoms with Crippen molar-refractivity contribution in [3.05, 3.63) is 34.2 Å². The van der Waals surface area contributed by atoms with Crippen LogP contribution in [0.15, 0.2) is 44.5 Å². The summed E-state index contributed by atoms with van der Waals surface area (Å²) in [4.78, 5) is 4.11. The van der Waals surface area contributed by atoms with E-state index < -0.39 is 0 Å². The van der Waals surface area contributed by atoms with Gasteiger partial charge in [0.15, 0.2) is 0 Å². The quantitative estimate of drug-likeness (QED) is 0.250. The predicted molar refractivity (Wildman–Crippen MR) is 119 cm³/mol. The molecule has 30 heavy (non-hydrogen) atoms. The molecule has 0 atom stereocenters. The van der Waals surface area contributed by atoms with E-state index in [-0.39, 0.29) is 6.61 Å². The fourth-order valence-corrected chi connectivity index (χ4v) is 3.14. The molecule has 0 bridgehead atoms. The highest BCUT2D eigenvalue weighted by atomic mass is 79.9. The van der Waals surface area contributed by atoms with Crippen LogP contribution in [0.4, 0.5) is 16.5 Å². The van der Waals surface area contributed by atoms with Crippen LogP contribution in [0.5, 0.6) is 0 Å². The molecule has 0 aliphatic carbocycles. The zero-order valence-corrected chi connectivity index (χ0v) is 19.1. The molecule has 0 fully saturated rings. The number of benzene rings is 1. The second-order valence-electron chi connectivity index (χ2n) is 5.79. The number of halogens is 1. The summed E-state index contributed by atoms with van der Waals surface area (Å²) in [6.07, 6.45) is 1.70. The normalized spacial score (nSPS) is 11.4.